The summed E-state index contributed by atoms with van der Waals surface area (Å²) in [5.74, 6) is 0.0877. The number of ether oxygens (including phenoxy) is 2. The number of hydrogen-bond donors (Lipinski definition) is 2. The Morgan fingerprint density at radius 2 is 1.81 bits per heavy atom. The summed E-state index contributed by atoms with van der Waals surface area (Å²) in [5.41, 5.74) is 0.478. The lowest BCUT2D eigenvalue weighted by Gasteiger charge is -2.12. The summed E-state index contributed by atoms with van der Waals surface area (Å²) in [6.07, 6.45) is 2.14. The Bertz CT molecular complexity index is 1160. The van der Waals surface area contributed by atoms with Gasteiger partial charge in [0.1, 0.15) is 5.01 Å². The van der Waals surface area contributed by atoms with Gasteiger partial charge in [0, 0.05) is 6.42 Å². The van der Waals surface area contributed by atoms with Crippen LogP contribution in [0.3, 0.4) is 0 Å². The zero-order chi connectivity index (χ0) is 22.4. The van der Waals surface area contributed by atoms with Crippen LogP contribution >= 0.6 is 23.1 Å². The van der Waals surface area contributed by atoms with Gasteiger partial charge in [-0.25, -0.2) is 17.9 Å². The van der Waals surface area contributed by atoms with Crippen molar-refractivity contribution in [1.29, 1.82) is 0 Å². The minimum absolute atomic E-state index is 0.0461. The Kier molecular flexibility index (Phi) is 7.25. The van der Waals surface area contributed by atoms with Crippen LogP contribution in [0, 0.1) is 0 Å². The average Bonchev–Trinajstić information content (AvgIpc) is 3.20. The third-order valence-electron chi connectivity index (χ3n) is 3.78. The second-order valence-electron chi connectivity index (χ2n) is 5.79. The molecule has 164 valence electrons. The number of urea groups is 1. The molecule has 0 aliphatic carbocycles. The van der Waals surface area contributed by atoms with Crippen LogP contribution in [-0.2, 0) is 16.4 Å². The number of thioether (sulfide) groups is 1. The summed E-state index contributed by atoms with van der Waals surface area (Å²) in [6.45, 7) is 0. The second-order valence-corrected chi connectivity index (χ2v) is 9.55. The molecule has 0 fully saturated rings. The molecule has 0 atom stereocenters. The molecule has 0 bridgehead atoms. The molecular formula is C17H18N6O5S3. The van der Waals surface area contributed by atoms with Crippen LogP contribution in [0.1, 0.15) is 10.6 Å². The van der Waals surface area contributed by atoms with E-state index in [-0.39, 0.29) is 29.0 Å². The number of anilines is 1. The number of amides is 2. The summed E-state index contributed by atoms with van der Waals surface area (Å²) in [7, 11) is -1.43. The lowest BCUT2D eigenvalue weighted by atomic mass is 10.2. The molecule has 0 unspecified atom stereocenters. The molecule has 2 N–H and O–H groups in total. The Balaban J connectivity index is 1.78. The van der Waals surface area contributed by atoms with Gasteiger partial charge in [-0.3, -0.25) is 5.32 Å². The summed E-state index contributed by atoms with van der Waals surface area (Å²) in [5, 5.41) is 11.0. The highest BCUT2D eigenvalue weighted by molar-refractivity contribution is 8.00. The molecule has 2 amide bonds. The molecule has 14 heteroatoms. The normalized spacial score (nSPS) is 11.1. The van der Waals surface area contributed by atoms with Crippen LogP contribution < -0.4 is 19.5 Å². The van der Waals surface area contributed by atoms with Gasteiger partial charge in [-0.1, -0.05) is 41.3 Å². The molecule has 0 aliphatic rings. The molecule has 0 saturated heterocycles. The molecule has 3 aromatic rings. The number of benzene rings is 1. The Morgan fingerprint density at radius 1 is 1.13 bits per heavy atom. The average molecular weight is 483 g/mol. The minimum Gasteiger partial charge on any atom is -0.481 e. The van der Waals surface area contributed by atoms with Crippen molar-refractivity contribution in [2.75, 3.05) is 25.8 Å². The van der Waals surface area contributed by atoms with Gasteiger partial charge < -0.3 is 9.47 Å². The molecular weight excluding hydrogens is 464 g/mol. The van der Waals surface area contributed by atoms with Crippen LogP contribution in [0.2, 0.25) is 0 Å². The number of nitrogens with zero attached hydrogens (tertiary/aromatic N) is 4. The van der Waals surface area contributed by atoms with Gasteiger partial charge in [-0.15, -0.1) is 10.2 Å². The largest absolute Gasteiger partial charge is 0.481 e. The number of nitrogens with one attached hydrogen (secondary N) is 2. The van der Waals surface area contributed by atoms with Crippen molar-refractivity contribution in [2.45, 2.75) is 15.7 Å². The highest BCUT2D eigenvalue weighted by atomic mass is 32.2. The fourth-order valence-electron chi connectivity index (χ4n) is 2.44. The predicted octanol–water partition coefficient (Wildman–Crippen LogP) is 2.17. The fraction of sp³-hybridized carbons (Fsp3) is 0.235. The van der Waals surface area contributed by atoms with Gasteiger partial charge in [0.05, 0.1) is 25.2 Å². The smallest absolute Gasteiger partial charge is 0.335 e. The van der Waals surface area contributed by atoms with Crippen LogP contribution in [-0.4, -0.2) is 55.1 Å². The van der Waals surface area contributed by atoms with E-state index in [2.05, 4.69) is 25.5 Å². The number of carbonyl (C=O) groups is 1. The van der Waals surface area contributed by atoms with E-state index < -0.39 is 16.1 Å². The topological polar surface area (TPSA) is 145 Å². The minimum atomic E-state index is -4.19. The Hall–Kier alpha value is -2.97. The monoisotopic (exact) mass is 482 g/mol. The molecule has 0 saturated carbocycles. The number of carbonyl (C=O) groups excluding carboxylic acids is 1. The van der Waals surface area contributed by atoms with E-state index in [0.717, 1.165) is 4.34 Å². The molecule has 0 aliphatic heterocycles. The zero-order valence-electron chi connectivity index (χ0n) is 16.6. The SMILES string of the molecule is COc1cc(OC)nc(NC(=O)NS(=O)(=O)c2ccccc2Cc2nnc(SC)s2)n1. The van der Waals surface area contributed by atoms with E-state index >= 15 is 0 Å². The van der Waals surface area contributed by atoms with E-state index in [1.165, 1.54) is 49.5 Å². The standard InChI is InChI=1S/C17H18N6O5S3/c1-27-12-9-13(28-2)19-15(18-12)20-16(24)23-31(25,26)11-7-5-4-6-10(11)8-14-21-22-17(29-3)30-14/h4-7,9H,8H2,1-3H3,(H2,18,19,20,23,24). The summed E-state index contributed by atoms with van der Waals surface area (Å²) in [4.78, 5) is 20.1. The highest BCUT2D eigenvalue weighted by Gasteiger charge is 2.22. The lowest BCUT2D eigenvalue weighted by molar-refractivity contribution is 0.256. The Morgan fingerprint density at radius 3 is 2.42 bits per heavy atom. The van der Waals surface area contributed by atoms with Gasteiger partial charge in [0.15, 0.2) is 4.34 Å². The predicted molar refractivity (Wildman–Crippen MR) is 115 cm³/mol. The molecule has 0 radical (unpaired) electrons. The maximum Gasteiger partial charge on any atom is 0.335 e. The van der Waals surface area contributed by atoms with E-state index in [9.17, 15) is 13.2 Å². The van der Waals surface area contributed by atoms with Crippen molar-refractivity contribution < 1.29 is 22.7 Å². The first-order valence-corrected chi connectivity index (χ1v) is 12.1. The van der Waals surface area contributed by atoms with E-state index in [1.807, 2.05) is 11.0 Å². The first-order chi connectivity index (χ1) is 14.8. The van der Waals surface area contributed by atoms with Crippen molar-refractivity contribution in [2.24, 2.45) is 0 Å². The number of rotatable bonds is 8. The summed E-state index contributed by atoms with van der Waals surface area (Å²) < 4.78 is 38.4. The van der Waals surface area contributed by atoms with Gasteiger partial charge in [-0.05, 0) is 17.9 Å². The first kappa shape index (κ1) is 22.7. The van der Waals surface area contributed by atoms with Gasteiger partial charge >= 0.3 is 6.03 Å². The molecule has 2 aromatic heterocycles. The molecule has 11 nitrogen and oxygen atoms in total. The van der Waals surface area contributed by atoms with Crippen molar-refractivity contribution in [3.8, 4) is 11.8 Å². The first-order valence-electron chi connectivity index (χ1n) is 8.59. The van der Waals surface area contributed by atoms with Crippen LogP contribution in [0.25, 0.3) is 0 Å². The molecule has 3 rings (SSSR count). The van der Waals surface area contributed by atoms with Gasteiger partial charge in [0.25, 0.3) is 10.0 Å². The van der Waals surface area contributed by atoms with Crippen LogP contribution in [0.5, 0.6) is 11.8 Å². The third kappa shape index (κ3) is 5.80. The number of aromatic nitrogens is 4. The lowest BCUT2D eigenvalue weighted by Crippen LogP contribution is -2.35. The summed E-state index contributed by atoms with van der Waals surface area (Å²) >= 11 is 2.83. The maximum atomic E-state index is 12.9. The van der Waals surface area contributed by atoms with Gasteiger partial charge in [-0.2, -0.15) is 9.97 Å². The molecule has 1 aromatic carbocycles. The van der Waals surface area contributed by atoms with Crippen molar-refractivity contribution >= 4 is 45.1 Å². The van der Waals surface area contributed by atoms with Crippen molar-refractivity contribution in [3.05, 3.63) is 40.9 Å². The van der Waals surface area contributed by atoms with Crippen molar-refractivity contribution in [1.82, 2.24) is 24.9 Å². The van der Waals surface area contributed by atoms with E-state index in [4.69, 9.17) is 9.47 Å². The number of sulfonamides is 1. The quantitative estimate of drug-likeness (QED) is 0.458. The van der Waals surface area contributed by atoms with E-state index in [1.54, 1.807) is 18.2 Å². The van der Waals surface area contributed by atoms with Crippen LogP contribution in [0.15, 0.2) is 39.6 Å². The van der Waals surface area contributed by atoms with E-state index in [0.29, 0.717) is 10.6 Å². The maximum absolute atomic E-state index is 12.9. The number of methoxy groups -OCH3 is 2. The van der Waals surface area contributed by atoms with Crippen molar-refractivity contribution in [3.63, 3.8) is 0 Å². The number of hydrogen-bond acceptors (Lipinski definition) is 11. The highest BCUT2D eigenvalue weighted by Crippen LogP contribution is 2.24. The summed E-state index contributed by atoms with van der Waals surface area (Å²) in [6, 6.07) is 6.72. The van der Waals surface area contributed by atoms with Crippen LogP contribution in [0.4, 0.5) is 10.7 Å². The molecule has 2 heterocycles. The van der Waals surface area contributed by atoms with Gasteiger partial charge in [0.2, 0.25) is 17.7 Å². The second kappa shape index (κ2) is 9.89. The fourth-order valence-corrected chi connectivity index (χ4v) is 4.93. The molecule has 0 spiro atoms. The molecule has 31 heavy (non-hydrogen) atoms. The Labute approximate surface area is 186 Å². The zero-order valence-corrected chi connectivity index (χ0v) is 19.1. The third-order valence-corrected chi connectivity index (χ3v) is 7.11.